The van der Waals surface area contributed by atoms with Gasteiger partial charge in [0.1, 0.15) is 5.75 Å². The lowest BCUT2D eigenvalue weighted by Gasteiger charge is -2.05. The summed E-state index contributed by atoms with van der Waals surface area (Å²) in [6.07, 6.45) is 2.20. The summed E-state index contributed by atoms with van der Waals surface area (Å²) < 4.78 is 10.7. The van der Waals surface area contributed by atoms with Crippen LogP contribution in [0.15, 0.2) is 22.7 Å². The number of ether oxygens (including phenoxy) is 1. The minimum atomic E-state index is 0.192. The molecule has 0 aliphatic carbocycles. The van der Waals surface area contributed by atoms with E-state index in [0.717, 1.165) is 36.3 Å². The quantitative estimate of drug-likeness (QED) is 0.917. The highest BCUT2D eigenvalue weighted by molar-refractivity contribution is 5.64. The largest absolute Gasteiger partial charge is 0.496 e. The summed E-state index contributed by atoms with van der Waals surface area (Å²) in [5, 5.41) is 7.41. The van der Waals surface area contributed by atoms with Crippen LogP contribution in [0, 0.1) is 6.92 Å². The zero-order valence-electron chi connectivity index (χ0n) is 11.1. The van der Waals surface area contributed by atoms with E-state index < -0.39 is 0 Å². The van der Waals surface area contributed by atoms with Crippen LogP contribution in [0.2, 0.25) is 0 Å². The van der Waals surface area contributed by atoms with Crippen LogP contribution < -0.4 is 10.1 Å². The SMILES string of the molecule is COc1cc(C)ccc1-c1noc([C@H]2CCCN2)n1. The number of hydrogen-bond donors (Lipinski definition) is 1. The Bertz CT molecular complexity index is 574. The molecule has 19 heavy (non-hydrogen) atoms. The van der Waals surface area contributed by atoms with Gasteiger partial charge in [-0.3, -0.25) is 0 Å². The number of aromatic nitrogens is 2. The molecule has 1 aliphatic heterocycles. The molecule has 3 rings (SSSR count). The molecule has 0 unspecified atom stereocenters. The highest BCUT2D eigenvalue weighted by atomic mass is 16.5. The summed E-state index contributed by atoms with van der Waals surface area (Å²) in [6.45, 7) is 3.03. The molecule has 1 aliphatic rings. The predicted octanol–water partition coefficient (Wildman–Crippen LogP) is 2.48. The fourth-order valence-electron chi connectivity index (χ4n) is 2.36. The fraction of sp³-hybridized carbons (Fsp3) is 0.429. The van der Waals surface area contributed by atoms with Crippen LogP contribution in [-0.4, -0.2) is 23.8 Å². The van der Waals surface area contributed by atoms with Gasteiger partial charge in [0.05, 0.1) is 18.7 Å². The highest BCUT2D eigenvalue weighted by Gasteiger charge is 2.23. The highest BCUT2D eigenvalue weighted by Crippen LogP contribution is 2.30. The number of rotatable bonds is 3. The Hall–Kier alpha value is -1.88. The van der Waals surface area contributed by atoms with Crippen LogP contribution in [-0.2, 0) is 0 Å². The Morgan fingerprint density at radius 1 is 1.42 bits per heavy atom. The molecule has 1 saturated heterocycles. The van der Waals surface area contributed by atoms with Crippen LogP contribution in [0.5, 0.6) is 5.75 Å². The van der Waals surface area contributed by atoms with Crippen molar-refractivity contribution in [3.8, 4) is 17.1 Å². The van der Waals surface area contributed by atoms with Crippen molar-refractivity contribution in [2.24, 2.45) is 0 Å². The van der Waals surface area contributed by atoms with Crippen LogP contribution >= 0.6 is 0 Å². The van der Waals surface area contributed by atoms with Gasteiger partial charge in [-0.25, -0.2) is 0 Å². The van der Waals surface area contributed by atoms with Gasteiger partial charge in [0.2, 0.25) is 11.7 Å². The predicted molar refractivity (Wildman–Crippen MR) is 71.0 cm³/mol. The van der Waals surface area contributed by atoms with E-state index in [1.807, 2.05) is 25.1 Å². The first kappa shape index (κ1) is 12.2. The summed E-state index contributed by atoms with van der Waals surface area (Å²) in [5.41, 5.74) is 2.00. The molecule has 100 valence electrons. The van der Waals surface area contributed by atoms with Gasteiger partial charge in [-0.2, -0.15) is 4.98 Å². The maximum atomic E-state index is 5.38. The molecule has 0 amide bonds. The van der Waals surface area contributed by atoms with Crippen molar-refractivity contribution >= 4 is 0 Å². The van der Waals surface area contributed by atoms with E-state index in [9.17, 15) is 0 Å². The molecule has 1 atom stereocenters. The van der Waals surface area contributed by atoms with Crippen molar-refractivity contribution in [1.82, 2.24) is 15.5 Å². The first-order chi connectivity index (χ1) is 9.28. The monoisotopic (exact) mass is 259 g/mol. The van der Waals surface area contributed by atoms with Crippen molar-refractivity contribution < 1.29 is 9.26 Å². The van der Waals surface area contributed by atoms with Gasteiger partial charge in [-0.1, -0.05) is 11.2 Å². The number of aryl methyl sites for hydroxylation is 1. The molecule has 0 radical (unpaired) electrons. The lowest BCUT2D eigenvalue weighted by molar-refractivity contribution is 0.344. The van der Waals surface area contributed by atoms with Gasteiger partial charge < -0.3 is 14.6 Å². The Morgan fingerprint density at radius 3 is 3.05 bits per heavy atom. The summed E-state index contributed by atoms with van der Waals surface area (Å²) in [5.74, 6) is 2.02. The molecule has 0 saturated carbocycles. The van der Waals surface area contributed by atoms with Gasteiger partial charge in [0, 0.05) is 0 Å². The molecule has 1 fully saturated rings. The van der Waals surface area contributed by atoms with Gasteiger partial charge in [0.15, 0.2) is 0 Å². The second kappa shape index (κ2) is 5.01. The van der Waals surface area contributed by atoms with Crippen molar-refractivity contribution in [2.75, 3.05) is 13.7 Å². The average molecular weight is 259 g/mol. The van der Waals surface area contributed by atoms with Crippen molar-refractivity contribution in [2.45, 2.75) is 25.8 Å². The third-order valence-corrected chi connectivity index (χ3v) is 3.40. The Balaban J connectivity index is 1.93. The zero-order valence-corrected chi connectivity index (χ0v) is 11.1. The van der Waals surface area contributed by atoms with E-state index in [4.69, 9.17) is 9.26 Å². The van der Waals surface area contributed by atoms with Crippen LogP contribution in [0.4, 0.5) is 0 Å². The Labute approximate surface area is 112 Å². The number of hydrogen-bond acceptors (Lipinski definition) is 5. The standard InChI is InChI=1S/C14H17N3O2/c1-9-5-6-10(12(8-9)18-2)13-16-14(19-17-13)11-4-3-7-15-11/h5-6,8,11,15H,3-4,7H2,1-2H3/t11-/m1/s1. The number of benzene rings is 1. The normalized spacial score (nSPS) is 18.7. The summed E-state index contributed by atoms with van der Waals surface area (Å²) in [6, 6.07) is 6.14. The molecule has 2 heterocycles. The topological polar surface area (TPSA) is 60.2 Å². The molecule has 0 spiro atoms. The summed E-state index contributed by atoms with van der Waals surface area (Å²) in [4.78, 5) is 4.48. The molecule has 1 N–H and O–H groups in total. The molecular formula is C14H17N3O2. The third-order valence-electron chi connectivity index (χ3n) is 3.40. The number of nitrogens with zero attached hydrogens (tertiary/aromatic N) is 2. The van der Waals surface area contributed by atoms with E-state index >= 15 is 0 Å². The first-order valence-electron chi connectivity index (χ1n) is 6.50. The first-order valence-corrected chi connectivity index (χ1v) is 6.50. The van der Waals surface area contributed by atoms with Crippen LogP contribution in [0.1, 0.15) is 30.3 Å². The maximum Gasteiger partial charge on any atom is 0.244 e. The van der Waals surface area contributed by atoms with E-state index in [0.29, 0.717) is 11.7 Å². The molecule has 5 nitrogen and oxygen atoms in total. The second-order valence-electron chi connectivity index (χ2n) is 4.81. The molecule has 1 aromatic heterocycles. The average Bonchev–Trinajstić information content (AvgIpc) is 3.09. The number of methoxy groups -OCH3 is 1. The third kappa shape index (κ3) is 2.33. The summed E-state index contributed by atoms with van der Waals surface area (Å²) >= 11 is 0. The smallest absolute Gasteiger partial charge is 0.244 e. The van der Waals surface area contributed by atoms with E-state index in [-0.39, 0.29) is 6.04 Å². The Kier molecular flexibility index (Phi) is 3.21. The second-order valence-corrected chi connectivity index (χ2v) is 4.81. The van der Waals surface area contributed by atoms with Gasteiger partial charge >= 0.3 is 0 Å². The van der Waals surface area contributed by atoms with Gasteiger partial charge in [-0.15, -0.1) is 0 Å². The van der Waals surface area contributed by atoms with Crippen LogP contribution in [0.3, 0.4) is 0 Å². The van der Waals surface area contributed by atoms with E-state index in [2.05, 4.69) is 15.5 Å². The van der Waals surface area contributed by atoms with Crippen molar-refractivity contribution in [3.63, 3.8) is 0 Å². The maximum absolute atomic E-state index is 5.38. The van der Waals surface area contributed by atoms with E-state index in [1.165, 1.54) is 0 Å². The molecule has 1 aromatic carbocycles. The van der Waals surface area contributed by atoms with Crippen molar-refractivity contribution in [3.05, 3.63) is 29.7 Å². The molecule has 0 bridgehead atoms. The van der Waals surface area contributed by atoms with Crippen molar-refractivity contribution in [1.29, 1.82) is 0 Å². The summed E-state index contributed by atoms with van der Waals surface area (Å²) in [7, 11) is 1.65. The van der Waals surface area contributed by atoms with Crippen LogP contribution in [0.25, 0.3) is 11.4 Å². The van der Waals surface area contributed by atoms with Gasteiger partial charge in [0.25, 0.3) is 0 Å². The minimum absolute atomic E-state index is 0.192. The molecule has 2 aromatic rings. The minimum Gasteiger partial charge on any atom is -0.496 e. The van der Waals surface area contributed by atoms with Gasteiger partial charge in [-0.05, 0) is 44.0 Å². The van der Waals surface area contributed by atoms with E-state index in [1.54, 1.807) is 7.11 Å². The number of nitrogens with one attached hydrogen (secondary N) is 1. The molecular weight excluding hydrogens is 242 g/mol. The molecule has 5 heteroatoms. The lowest BCUT2D eigenvalue weighted by atomic mass is 10.1. The fourth-order valence-corrected chi connectivity index (χ4v) is 2.36. The zero-order chi connectivity index (χ0) is 13.2. The Morgan fingerprint density at radius 2 is 2.32 bits per heavy atom. The lowest BCUT2D eigenvalue weighted by Crippen LogP contribution is -2.12.